The van der Waals surface area contributed by atoms with Gasteiger partial charge in [-0.25, -0.2) is 0 Å². The molecule has 0 heterocycles. The Kier molecular flexibility index (Phi) is 4.00. The fourth-order valence-corrected chi connectivity index (χ4v) is 2.25. The molecule has 2 aromatic carbocycles. The molecule has 0 N–H and O–H groups in total. The molecule has 0 spiro atoms. The Morgan fingerprint density at radius 3 is 2.16 bits per heavy atom. The molecule has 0 saturated carbocycles. The molecule has 0 aliphatic carbocycles. The molecule has 2 rings (SSSR count). The molecule has 2 nitrogen and oxygen atoms in total. The second kappa shape index (κ2) is 5.70. The van der Waals surface area contributed by atoms with E-state index < -0.39 is 0 Å². The van der Waals surface area contributed by atoms with Crippen molar-refractivity contribution in [2.75, 3.05) is 6.61 Å². The van der Waals surface area contributed by atoms with Gasteiger partial charge in [0.15, 0.2) is 5.78 Å². The number of hydrogen-bond acceptors (Lipinski definition) is 2. The van der Waals surface area contributed by atoms with Crippen LogP contribution in [-0.2, 0) is 4.79 Å². The zero-order chi connectivity index (χ0) is 13.8. The summed E-state index contributed by atoms with van der Waals surface area (Å²) in [5, 5.41) is 0. The first-order valence-electron chi connectivity index (χ1n) is 6.37. The summed E-state index contributed by atoms with van der Waals surface area (Å²) in [6.07, 6.45) is 0. The van der Waals surface area contributed by atoms with Crippen molar-refractivity contribution in [2.24, 2.45) is 0 Å². The van der Waals surface area contributed by atoms with Gasteiger partial charge in [-0.05, 0) is 55.2 Å². The van der Waals surface area contributed by atoms with Gasteiger partial charge in [0.25, 0.3) is 0 Å². The Morgan fingerprint density at radius 2 is 1.63 bits per heavy atom. The molecule has 2 aromatic rings. The smallest absolute Gasteiger partial charge is 0.167 e. The number of carbonyl (C=O) groups is 1. The van der Waals surface area contributed by atoms with Gasteiger partial charge in [-0.3, -0.25) is 4.79 Å². The third kappa shape index (κ3) is 3.22. The van der Waals surface area contributed by atoms with Crippen molar-refractivity contribution in [3.05, 3.63) is 53.6 Å². The molecule has 0 aliphatic rings. The lowest BCUT2D eigenvalue weighted by Gasteiger charge is -2.13. The highest BCUT2D eigenvalue weighted by molar-refractivity contribution is 5.77. The Balaban J connectivity index is 2.35. The molecule has 0 aliphatic heterocycles. The van der Waals surface area contributed by atoms with Crippen LogP contribution in [0.15, 0.2) is 42.5 Å². The second-order valence-electron chi connectivity index (χ2n) is 4.79. The van der Waals surface area contributed by atoms with Crippen molar-refractivity contribution in [1.82, 2.24) is 0 Å². The van der Waals surface area contributed by atoms with E-state index in [-0.39, 0.29) is 12.4 Å². The van der Waals surface area contributed by atoms with E-state index in [4.69, 9.17) is 4.74 Å². The molecular weight excluding hydrogens is 236 g/mol. The minimum Gasteiger partial charge on any atom is -0.486 e. The SMILES string of the molecule is CC(=O)COc1cc(C)c(-c2ccccc2)c(C)c1. The third-order valence-corrected chi connectivity index (χ3v) is 3.01. The van der Waals surface area contributed by atoms with Crippen molar-refractivity contribution in [3.8, 4) is 16.9 Å². The molecule has 0 aromatic heterocycles. The number of benzene rings is 2. The fourth-order valence-electron chi connectivity index (χ4n) is 2.25. The molecule has 0 saturated heterocycles. The summed E-state index contributed by atoms with van der Waals surface area (Å²) in [4.78, 5) is 11.0. The van der Waals surface area contributed by atoms with Crippen LogP contribution in [0.4, 0.5) is 0 Å². The molecule has 0 bridgehead atoms. The number of carbonyl (C=O) groups excluding carboxylic acids is 1. The topological polar surface area (TPSA) is 26.3 Å². The van der Waals surface area contributed by atoms with Crippen molar-refractivity contribution in [3.63, 3.8) is 0 Å². The maximum Gasteiger partial charge on any atom is 0.167 e. The lowest BCUT2D eigenvalue weighted by molar-refractivity contribution is -0.118. The number of ketones is 1. The van der Waals surface area contributed by atoms with Gasteiger partial charge in [0.1, 0.15) is 12.4 Å². The van der Waals surface area contributed by atoms with E-state index in [1.54, 1.807) is 0 Å². The van der Waals surface area contributed by atoms with Crippen LogP contribution in [0.1, 0.15) is 18.1 Å². The lowest BCUT2D eigenvalue weighted by atomic mass is 9.95. The summed E-state index contributed by atoms with van der Waals surface area (Å²) >= 11 is 0. The van der Waals surface area contributed by atoms with E-state index >= 15 is 0 Å². The maximum absolute atomic E-state index is 11.0. The monoisotopic (exact) mass is 254 g/mol. The highest BCUT2D eigenvalue weighted by atomic mass is 16.5. The Hall–Kier alpha value is -2.09. The lowest BCUT2D eigenvalue weighted by Crippen LogP contribution is -2.07. The van der Waals surface area contributed by atoms with Crippen molar-refractivity contribution >= 4 is 5.78 Å². The summed E-state index contributed by atoms with van der Waals surface area (Å²) in [6, 6.07) is 14.3. The minimum atomic E-state index is 0.0300. The largest absolute Gasteiger partial charge is 0.486 e. The van der Waals surface area contributed by atoms with Gasteiger partial charge in [-0.1, -0.05) is 30.3 Å². The number of rotatable bonds is 4. The van der Waals surface area contributed by atoms with Crippen LogP contribution in [0.2, 0.25) is 0 Å². The van der Waals surface area contributed by atoms with Crippen molar-refractivity contribution < 1.29 is 9.53 Å². The van der Waals surface area contributed by atoms with Gasteiger partial charge >= 0.3 is 0 Å². The average molecular weight is 254 g/mol. The molecule has 0 fully saturated rings. The van der Waals surface area contributed by atoms with E-state index in [0.717, 1.165) is 16.9 Å². The van der Waals surface area contributed by atoms with Crippen LogP contribution in [0, 0.1) is 13.8 Å². The third-order valence-electron chi connectivity index (χ3n) is 3.01. The zero-order valence-corrected chi connectivity index (χ0v) is 11.6. The second-order valence-corrected chi connectivity index (χ2v) is 4.79. The Bertz CT molecular complexity index is 562. The molecule has 0 radical (unpaired) electrons. The van der Waals surface area contributed by atoms with Gasteiger partial charge in [0, 0.05) is 0 Å². The highest BCUT2D eigenvalue weighted by Crippen LogP contribution is 2.30. The van der Waals surface area contributed by atoms with Crippen LogP contribution < -0.4 is 4.74 Å². The number of hydrogen-bond donors (Lipinski definition) is 0. The Labute approximate surface area is 114 Å². The van der Waals surface area contributed by atoms with Gasteiger partial charge in [0.05, 0.1) is 0 Å². The number of Topliss-reactive ketones (excluding diaryl/α,β-unsaturated/α-hetero) is 1. The van der Waals surface area contributed by atoms with Crippen LogP contribution >= 0.6 is 0 Å². The van der Waals surface area contributed by atoms with Crippen molar-refractivity contribution in [2.45, 2.75) is 20.8 Å². The van der Waals surface area contributed by atoms with E-state index in [1.165, 1.54) is 18.1 Å². The molecule has 0 unspecified atom stereocenters. The first-order valence-corrected chi connectivity index (χ1v) is 6.37. The van der Waals surface area contributed by atoms with E-state index in [1.807, 2.05) is 30.3 Å². The van der Waals surface area contributed by atoms with Crippen LogP contribution in [0.25, 0.3) is 11.1 Å². The Morgan fingerprint density at radius 1 is 1.05 bits per heavy atom. The van der Waals surface area contributed by atoms with E-state index in [9.17, 15) is 4.79 Å². The maximum atomic E-state index is 11.0. The van der Waals surface area contributed by atoms with Gasteiger partial charge in [0.2, 0.25) is 0 Å². The summed E-state index contributed by atoms with van der Waals surface area (Å²) in [7, 11) is 0. The summed E-state index contributed by atoms with van der Waals surface area (Å²) in [5.41, 5.74) is 4.75. The van der Waals surface area contributed by atoms with Crippen LogP contribution in [-0.4, -0.2) is 12.4 Å². The predicted molar refractivity (Wildman–Crippen MR) is 77.5 cm³/mol. The number of ether oxygens (including phenoxy) is 1. The summed E-state index contributed by atoms with van der Waals surface area (Å²) in [6.45, 7) is 5.79. The average Bonchev–Trinajstić information content (AvgIpc) is 2.37. The molecule has 0 atom stereocenters. The van der Waals surface area contributed by atoms with Crippen LogP contribution in [0.3, 0.4) is 0 Å². The summed E-state index contributed by atoms with van der Waals surface area (Å²) < 4.78 is 5.47. The minimum absolute atomic E-state index is 0.0300. The van der Waals surface area contributed by atoms with Crippen molar-refractivity contribution in [1.29, 1.82) is 0 Å². The van der Waals surface area contributed by atoms with Gasteiger partial charge < -0.3 is 4.74 Å². The molecule has 0 amide bonds. The van der Waals surface area contributed by atoms with Gasteiger partial charge in [-0.15, -0.1) is 0 Å². The zero-order valence-electron chi connectivity index (χ0n) is 11.6. The highest BCUT2D eigenvalue weighted by Gasteiger charge is 2.08. The molecule has 98 valence electrons. The quantitative estimate of drug-likeness (QED) is 0.826. The predicted octanol–water partition coefficient (Wildman–Crippen LogP) is 3.94. The normalized spacial score (nSPS) is 10.3. The van der Waals surface area contributed by atoms with Gasteiger partial charge in [-0.2, -0.15) is 0 Å². The number of aryl methyl sites for hydroxylation is 2. The van der Waals surface area contributed by atoms with E-state index in [0.29, 0.717) is 0 Å². The molecule has 2 heteroatoms. The first kappa shape index (κ1) is 13.3. The summed E-state index contributed by atoms with van der Waals surface area (Å²) in [5.74, 6) is 0.785. The standard InChI is InChI=1S/C17H18O2/c1-12-9-16(19-11-14(3)18)10-13(2)17(12)15-7-5-4-6-8-15/h4-10H,11H2,1-3H3. The fraction of sp³-hybridized carbons (Fsp3) is 0.235. The molecular formula is C17H18O2. The first-order chi connectivity index (χ1) is 9.08. The molecule has 19 heavy (non-hydrogen) atoms. The van der Waals surface area contributed by atoms with Crippen LogP contribution in [0.5, 0.6) is 5.75 Å². The van der Waals surface area contributed by atoms with E-state index in [2.05, 4.69) is 26.0 Å².